The number of rotatable bonds is 5. The zero-order chi connectivity index (χ0) is 9.52. The van der Waals surface area contributed by atoms with Crippen molar-refractivity contribution in [3.8, 4) is 0 Å². The highest BCUT2D eigenvalue weighted by Gasteiger charge is 2.07. The molecule has 0 aliphatic carbocycles. The number of hydrogen-bond donors (Lipinski definition) is 0. The Morgan fingerprint density at radius 3 is 2.62 bits per heavy atom. The van der Waals surface area contributed by atoms with E-state index in [-0.39, 0.29) is 6.10 Å². The average molecular weight is 288 g/mol. The minimum atomic E-state index is 0.194. The molecule has 0 N–H and O–H groups in total. The van der Waals surface area contributed by atoms with Gasteiger partial charge in [-0.15, -0.1) is 6.58 Å². The summed E-state index contributed by atoms with van der Waals surface area (Å²) in [6.45, 7) is 4.25. The molecule has 1 rings (SSSR count). The molecule has 70 valence electrons. The Bertz CT molecular complexity index is 246. The molecule has 0 bridgehead atoms. The van der Waals surface area contributed by atoms with E-state index < -0.39 is 0 Å². The lowest BCUT2D eigenvalue weighted by Gasteiger charge is -2.14. The first-order valence-electron chi connectivity index (χ1n) is 4.22. The van der Waals surface area contributed by atoms with E-state index in [1.165, 1.54) is 5.56 Å². The Hall–Kier alpha value is -0.350. The van der Waals surface area contributed by atoms with E-state index in [9.17, 15) is 0 Å². The zero-order valence-corrected chi connectivity index (χ0v) is 9.61. The van der Waals surface area contributed by atoms with E-state index in [1.807, 2.05) is 18.2 Å². The molecule has 0 spiro atoms. The molecular weight excluding hydrogens is 275 g/mol. The highest BCUT2D eigenvalue weighted by atomic mass is 127. The van der Waals surface area contributed by atoms with Crippen molar-refractivity contribution in [3.63, 3.8) is 0 Å². The van der Waals surface area contributed by atoms with Gasteiger partial charge >= 0.3 is 0 Å². The predicted molar refractivity (Wildman–Crippen MR) is 64.2 cm³/mol. The van der Waals surface area contributed by atoms with Crippen LogP contribution in [0.15, 0.2) is 43.0 Å². The third kappa shape index (κ3) is 3.48. The number of benzene rings is 1. The van der Waals surface area contributed by atoms with Crippen molar-refractivity contribution in [1.82, 2.24) is 0 Å². The van der Waals surface area contributed by atoms with Gasteiger partial charge in [0.15, 0.2) is 0 Å². The second-order valence-corrected chi connectivity index (χ2v) is 3.56. The largest absolute Gasteiger partial charge is 0.369 e. The SMILES string of the molecule is C=CCO[C@@H](CI)c1ccccc1. The predicted octanol–water partition coefficient (Wildman–Crippen LogP) is 3.37. The van der Waals surface area contributed by atoms with Crippen LogP contribution in [0.4, 0.5) is 0 Å². The molecular formula is C11H13IO. The molecule has 0 aliphatic rings. The van der Waals surface area contributed by atoms with Crippen LogP contribution in [-0.4, -0.2) is 11.0 Å². The van der Waals surface area contributed by atoms with Crippen LogP contribution >= 0.6 is 22.6 Å². The molecule has 0 saturated carbocycles. The second kappa shape index (κ2) is 6.16. The molecule has 0 aromatic heterocycles. The van der Waals surface area contributed by atoms with E-state index in [4.69, 9.17) is 4.74 Å². The lowest BCUT2D eigenvalue weighted by Crippen LogP contribution is -2.05. The molecule has 1 aromatic rings. The van der Waals surface area contributed by atoms with Gasteiger partial charge in [0.1, 0.15) is 0 Å². The van der Waals surface area contributed by atoms with Gasteiger partial charge in [-0.25, -0.2) is 0 Å². The highest BCUT2D eigenvalue weighted by molar-refractivity contribution is 14.1. The summed E-state index contributed by atoms with van der Waals surface area (Å²) in [7, 11) is 0. The van der Waals surface area contributed by atoms with Gasteiger partial charge in [-0.3, -0.25) is 0 Å². The van der Waals surface area contributed by atoms with Crippen LogP contribution in [0.25, 0.3) is 0 Å². The second-order valence-electron chi connectivity index (χ2n) is 2.68. The molecule has 0 unspecified atom stereocenters. The summed E-state index contributed by atoms with van der Waals surface area (Å²) in [5.74, 6) is 0. The van der Waals surface area contributed by atoms with Crippen LogP contribution < -0.4 is 0 Å². The Morgan fingerprint density at radius 1 is 1.38 bits per heavy atom. The van der Waals surface area contributed by atoms with Crippen molar-refractivity contribution in [2.45, 2.75) is 6.10 Å². The first-order chi connectivity index (χ1) is 6.38. The maximum absolute atomic E-state index is 5.60. The third-order valence-corrected chi connectivity index (χ3v) is 2.53. The number of halogens is 1. The Kier molecular flexibility index (Phi) is 5.08. The van der Waals surface area contributed by atoms with Gasteiger partial charge < -0.3 is 4.74 Å². The van der Waals surface area contributed by atoms with Crippen molar-refractivity contribution in [2.24, 2.45) is 0 Å². The van der Waals surface area contributed by atoms with Crippen molar-refractivity contribution < 1.29 is 4.74 Å². The van der Waals surface area contributed by atoms with Crippen LogP contribution in [0, 0.1) is 0 Å². The molecule has 13 heavy (non-hydrogen) atoms. The topological polar surface area (TPSA) is 9.23 Å². The summed E-state index contributed by atoms with van der Waals surface area (Å²) in [6, 6.07) is 10.3. The Labute approximate surface area is 92.9 Å². The fraction of sp³-hybridized carbons (Fsp3) is 0.273. The normalized spacial score (nSPS) is 12.4. The summed E-state index contributed by atoms with van der Waals surface area (Å²) < 4.78 is 6.57. The number of alkyl halides is 1. The molecule has 0 fully saturated rings. The van der Waals surface area contributed by atoms with E-state index in [0.29, 0.717) is 6.61 Å². The molecule has 0 saturated heterocycles. The Balaban J connectivity index is 2.61. The maximum atomic E-state index is 5.60. The minimum absolute atomic E-state index is 0.194. The van der Waals surface area contributed by atoms with Gasteiger partial charge in [0.2, 0.25) is 0 Å². The zero-order valence-electron chi connectivity index (χ0n) is 7.45. The van der Waals surface area contributed by atoms with Gasteiger partial charge in [-0.2, -0.15) is 0 Å². The van der Waals surface area contributed by atoms with Crippen molar-refractivity contribution in [3.05, 3.63) is 48.6 Å². The van der Waals surface area contributed by atoms with E-state index in [2.05, 4.69) is 41.3 Å². The number of ether oxygens (including phenoxy) is 1. The average Bonchev–Trinajstić information content (AvgIpc) is 2.21. The van der Waals surface area contributed by atoms with Crippen molar-refractivity contribution in [1.29, 1.82) is 0 Å². The Morgan fingerprint density at radius 2 is 2.08 bits per heavy atom. The molecule has 0 amide bonds. The number of hydrogen-bond acceptors (Lipinski definition) is 1. The molecule has 0 aliphatic heterocycles. The van der Waals surface area contributed by atoms with Crippen LogP contribution in [0.1, 0.15) is 11.7 Å². The lowest BCUT2D eigenvalue weighted by atomic mass is 10.1. The molecule has 1 aromatic carbocycles. The van der Waals surface area contributed by atoms with Gasteiger partial charge in [0.25, 0.3) is 0 Å². The van der Waals surface area contributed by atoms with Gasteiger partial charge in [-0.1, -0.05) is 59.0 Å². The maximum Gasteiger partial charge on any atom is 0.0918 e. The monoisotopic (exact) mass is 288 g/mol. The van der Waals surface area contributed by atoms with Gasteiger partial charge in [0, 0.05) is 4.43 Å². The van der Waals surface area contributed by atoms with E-state index in [0.717, 1.165) is 4.43 Å². The molecule has 1 atom stereocenters. The van der Waals surface area contributed by atoms with Gasteiger partial charge in [-0.05, 0) is 5.56 Å². The van der Waals surface area contributed by atoms with Crippen LogP contribution in [0.5, 0.6) is 0 Å². The van der Waals surface area contributed by atoms with Crippen LogP contribution in [-0.2, 0) is 4.74 Å². The summed E-state index contributed by atoms with van der Waals surface area (Å²) in [4.78, 5) is 0. The van der Waals surface area contributed by atoms with Crippen LogP contribution in [0.2, 0.25) is 0 Å². The lowest BCUT2D eigenvalue weighted by molar-refractivity contribution is 0.0945. The first-order valence-corrected chi connectivity index (χ1v) is 5.74. The summed E-state index contributed by atoms with van der Waals surface area (Å²) in [5, 5.41) is 0. The van der Waals surface area contributed by atoms with Crippen molar-refractivity contribution in [2.75, 3.05) is 11.0 Å². The fourth-order valence-corrected chi connectivity index (χ4v) is 1.84. The fourth-order valence-electron chi connectivity index (χ4n) is 1.08. The third-order valence-electron chi connectivity index (χ3n) is 1.73. The highest BCUT2D eigenvalue weighted by Crippen LogP contribution is 2.19. The smallest absolute Gasteiger partial charge is 0.0918 e. The molecule has 0 radical (unpaired) electrons. The van der Waals surface area contributed by atoms with E-state index in [1.54, 1.807) is 6.08 Å². The molecule has 2 heteroatoms. The van der Waals surface area contributed by atoms with Crippen LogP contribution in [0.3, 0.4) is 0 Å². The molecule has 1 nitrogen and oxygen atoms in total. The summed E-state index contributed by atoms with van der Waals surface area (Å²) >= 11 is 2.33. The first kappa shape index (κ1) is 10.7. The molecule has 0 heterocycles. The quantitative estimate of drug-likeness (QED) is 0.458. The minimum Gasteiger partial charge on any atom is -0.369 e. The summed E-state index contributed by atoms with van der Waals surface area (Å²) in [5.41, 5.74) is 1.23. The summed E-state index contributed by atoms with van der Waals surface area (Å²) in [6.07, 6.45) is 1.97. The standard InChI is InChI=1S/C11H13IO/c1-2-8-13-11(9-12)10-6-4-3-5-7-10/h2-7,11H,1,8-9H2/t11-/m0/s1. The van der Waals surface area contributed by atoms with Crippen molar-refractivity contribution >= 4 is 22.6 Å². The van der Waals surface area contributed by atoms with Gasteiger partial charge in [0.05, 0.1) is 12.7 Å². The van der Waals surface area contributed by atoms with E-state index >= 15 is 0 Å².